The molecule has 15 heavy (non-hydrogen) atoms. The molecule has 0 fully saturated rings. The smallest absolute Gasteiger partial charge is 0.142 e. The van der Waals surface area contributed by atoms with Gasteiger partial charge < -0.3 is 0 Å². The van der Waals surface area contributed by atoms with Gasteiger partial charge in [-0.15, -0.1) is 21.8 Å². The normalized spacial score (nSPS) is 12.7. The number of alkyl halides is 1. The maximum Gasteiger partial charge on any atom is 0.147 e. The molecule has 4 heteroatoms. The quantitative estimate of drug-likeness (QED) is 0.744. The van der Waals surface area contributed by atoms with Gasteiger partial charge >= 0.3 is 0 Å². The Morgan fingerprint density at radius 1 is 1.33 bits per heavy atom. The van der Waals surface area contributed by atoms with Crippen LogP contribution in [0.1, 0.15) is 22.9 Å². The van der Waals surface area contributed by atoms with Gasteiger partial charge in [-0.25, -0.2) is 0 Å². The fourth-order valence-corrected chi connectivity index (χ4v) is 2.24. The summed E-state index contributed by atoms with van der Waals surface area (Å²) in [4.78, 5) is 0. The molecule has 1 heterocycles. The van der Waals surface area contributed by atoms with E-state index in [0.29, 0.717) is 0 Å². The van der Waals surface area contributed by atoms with Crippen LogP contribution < -0.4 is 0 Å². The number of hydrogen-bond acceptors (Lipinski definition) is 3. The molecule has 2 aromatic rings. The maximum atomic E-state index is 5.94. The molecule has 1 aromatic carbocycles. The van der Waals surface area contributed by atoms with Crippen LogP contribution in [0.25, 0.3) is 10.6 Å². The molecule has 0 radical (unpaired) electrons. The second-order valence-electron chi connectivity index (χ2n) is 3.43. The molecule has 0 saturated heterocycles. The van der Waals surface area contributed by atoms with Crippen LogP contribution in [-0.4, -0.2) is 10.2 Å². The number of rotatable bonds is 2. The van der Waals surface area contributed by atoms with Crippen molar-refractivity contribution in [2.24, 2.45) is 0 Å². The summed E-state index contributed by atoms with van der Waals surface area (Å²) in [6.45, 7) is 3.97. The first kappa shape index (κ1) is 10.6. The van der Waals surface area contributed by atoms with Crippen molar-refractivity contribution in [3.05, 3.63) is 34.8 Å². The van der Waals surface area contributed by atoms with Crippen molar-refractivity contribution in [1.82, 2.24) is 10.2 Å². The largest absolute Gasteiger partial charge is 0.147 e. The van der Waals surface area contributed by atoms with Crippen molar-refractivity contribution >= 4 is 22.9 Å². The lowest BCUT2D eigenvalue weighted by Gasteiger charge is -1.96. The van der Waals surface area contributed by atoms with Crippen LogP contribution in [0.5, 0.6) is 0 Å². The van der Waals surface area contributed by atoms with Crippen molar-refractivity contribution in [3.8, 4) is 10.6 Å². The van der Waals surface area contributed by atoms with Crippen molar-refractivity contribution in [3.63, 3.8) is 0 Å². The third-order valence-electron chi connectivity index (χ3n) is 2.05. The Morgan fingerprint density at radius 2 is 2.13 bits per heavy atom. The van der Waals surface area contributed by atoms with Crippen molar-refractivity contribution in [2.75, 3.05) is 0 Å². The standard InChI is InChI=1S/C11H11ClN2S/c1-7-4-3-5-9(6-7)11-14-13-10(15-11)8(2)12/h3-6,8H,1-2H3. The van der Waals surface area contributed by atoms with E-state index in [1.807, 2.05) is 19.1 Å². The number of nitrogens with zero attached hydrogens (tertiary/aromatic N) is 2. The van der Waals surface area contributed by atoms with E-state index >= 15 is 0 Å². The monoisotopic (exact) mass is 238 g/mol. The van der Waals surface area contributed by atoms with E-state index < -0.39 is 0 Å². The molecule has 1 aromatic heterocycles. The number of aromatic nitrogens is 2. The van der Waals surface area contributed by atoms with Crippen LogP contribution in [0.3, 0.4) is 0 Å². The van der Waals surface area contributed by atoms with Gasteiger partial charge in [0.1, 0.15) is 10.0 Å². The molecule has 78 valence electrons. The molecule has 0 spiro atoms. The summed E-state index contributed by atoms with van der Waals surface area (Å²) >= 11 is 7.49. The van der Waals surface area contributed by atoms with E-state index in [-0.39, 0.29) is 5.38 Å². The molecular weight excluding hydrogens is 228 g/mol. The van der Waals surface area contributed by atoms with Crippen molar-refractivity contribution < 1.29 is 0 Å². The Balaban J connectivity index is 2.37. The van der Waals surface area contributed by atoms with Crippen LogP contribution in [0.2, 0.25) is 0 Å². The Hall–Kier alpha value is -0.930. The van der Waals surface area contributed by atoms with Crippen LogP contribution >= 0.6 is 22.9 Å². The lowest BCUT2D eigenvalue weighted by atomic mass is 10.1. The average molecular weight is 239 g/mol. The maximum absolute atomic E-state index is 5.94. The predicted molar refractivity (Wildman–Crippen MR) is 64.4 cm³/mol. The second-order valence-corrected chi connectivity index (χ2v) is 5.09. The van der Waals surface area contributed by atoms with Crippen molar-refractivity contribution in [2.45, 2.75) is 19.2 Å². The van der Waals surface area contributed by atoms with Crippen LogP contribution in [0.4, 0.5) is 0 Å². The summed E-state index contributed by atoms with van der Waals surface area (Å²) in [5, 5.41) is 9.92. The van der Waals surface area contributed by atoms with Gasteiger partial charge in [0.15, 0.2) is 0 Å². The Bertz CT molecular complexity index is 465. The summed E-state index contributed by atoms with van der Waals surface area (Å²) in [6, 6.07) is 8.23. The summed E-state index contributed by atoms with van der Waals surface area (Å²) in [5.74, 6) is 0. The molecule has 0 aliphatic rings. The zero-order valence-electron chi connectivity index (χ0n) is 8.57. The minimum Gasteiger partial charge on any atom is -0.142 e. The molecule has 0 amide bonds. The SMILES string of the molecule is Cc1cccc(-c2nnc(C(C)Cl)s2)c1. The minimum absolute atomic E-state index is 0.0685. The highest BCUT2D eigenvalue weighted by Crippen LogP contribution is 2.29. The summed E-state index contributed by atoms with van der Waals surface area (Å²) < 4.78 is 0. The molecular formula is C11H11ClN2S. The molecule has 2 nitrogen and oxygen atoms in total. The van der Waals surface area contributed by atoms with Crippen LogP contribution in [-0.2, 0) is 0 Å². The summed E-state index contributed by atoms with van der Waals surface area (Å²) in [6.07, 6.45) is 0. The van der Waals surface area contributed by atoms with Gasteiger partial charge in [-0.2, -0.15) is 0 Å². The van der Waals surface area contributed by atoms with Crippen molar-refractivity contribution in [1.29, 1.82) is 0 Å². The first-order valence-corrected chi connectivity index (χ1v) is 5.96. The lowest BCUT2D eigenvalue weighted by molar-refractivity contribution is 0.962. The highest BCUT2D eigenvalue weighted by Gasteiger charge is 2.10. The number of aryl methyl sites for hydroxylation is 1. The molecule has 0 N–H and O–H groups in total. The van der Waals surface area contributed by atoms with Crippen LogP contribution in [0.15, 0.2) is 24.3 Å². The molecule has 0 bridgehead atoms. The topological polar surface area (TPSA) is 25.8 Å². The van der Waals surface area contributed by atoms with E-state index in [1.54, 1.807) is 11.3 Å². The van der Waals surface area contributed by atoms with Gasteiger partial charge in [0.05, 0.1) is 5.38 Å². The fourth-order valence-electron chi connectivity index (χ4n) is 1.29. The van der Waals surface area contributed by atoms with E-state index in [9.17, 15) is 0 Å². The summed E-state index contributed by atoms with van der Waals surface area (Å²) in [5.41, 5.74) is 2.33. The first-order valence-electron chi connectivity index (χ1n) is 4.71. The lowest BCUT2D eigenvalue weighted by Crippen LogP contribution is -1.81. The Morgan fingerprint density at radius 3 is 2.73 bits per heavy atom. The van der Waals surface area contributed by atoms with Gasteiger partial charge in [0.25, 0.3) is 0 Å². The third kappa shape index (κ3) is 2.36. The average Bonchev–Trinajstić information content (AvgIpc) is 2.66. The van der Waals surface area contributed by atoms with E-state index in [2.05, 4.69) is 29.3 Å². The third-order valence-corrected chi connectivity index (χ3v) is 3.54. The highest BCUT2D eigenvalue weighted by molar-refractivity contribution is 7.15. The van der Waals surface area contributed by atoms with Gasteiger partial charge in [-0.3, -0.25) is 0 Å². The first-order chi connectivity index (χ1) is 7.16. The number of benzene rings is 1. The fraction of sp³-hybridized carbons (Fsp3) is 0.273. The van der Waals surface area contributed by atoms with Gasteiger partial charge in [-0.1, -0.05) is 35.1 Å². The Labute approximate surface area is 97.9 Å². The van der Waals surface area contributed by atoms with E-state index in [1.165, 1.54) is 5.56 Å². The zero-order chi connectivity index (χ0) is 10.8. The molecule has 2 rings (SSSR count). The van der Waals surface area contributed by atoms with Gasteiger partial charge in [0, 0.05) is 5.56 Å². The van der Waals surface area contributed by atoms with E-state index in [0.717, 1.165) is 15.6 Å². The Kier molecular flexibility index (Phi) is 3.03. The molecule has 1 unspecified atom stereocenters. The summed E-state index contributed by atoms with van der Waals surface area (Å²) in [7, 11) is 0. The highest BCUT2D eigenvalue weighted by atomic mass is 35.5. The number of halogens is 1. The number of hydrogen-bond donors (Lipinski definition) is 0. The van der Waals surface area contributed by atoms with E-state index in [4.69, 9.17) is 11.6 Å². The molecule has 0 saturated carbocycles. The second kappa shape index (κ2) is 4.29. The molecule has 1 atom stereocenters. The molecule has 0 aliphatic heterocycles. The zero-order valence-corrected chi connectivity index (χ0v) is 10.1. The minimum atomic E-state index is -0.0685. The predicted octanol–water partition coefficient (Wildman–Crippen LogP) is 3.81. The molecule has 0 aliphatic carbocycles. The van der Waals surface area contributed by atoms with Gasteiger partial charge in [0.2, 0.25) is 0 Å². The van der Waals surface area contributed by atoms with Crippen LogP contribution in [0, 0.1) is 6.92 Å². The van der Waals surface area contributed by atoms with Gasteiger partial charge in [-0.05, 0) is 19.9 Å².